The average Bonchev–Trinajstić information content (AvgIpc) is 2.17. The highest BCUT2D eigenvalue weighted by atomic mass is 79.9. The van der Waals surface area contributed by atoms with E-state index in [1.807, 2.05) is 4.90 Å². The van der Waals surface area contributed by atoms with Crippen LogP contribution in [0, 0.1) is 5.92 Å². The number of hydrogen-bond donors (Lipinski definition) is 1. The van der Waals surface area contributed by atoms with Gasteiger partial charge < -0.3 is 21.9 Å². The van der Waals surface area contributed by atoms with E-state index in [0.29, 0.717) is 0 Å². The first-order chi connectivity index (χ1) is 5.92. The molecule has 0 amide bonds. The van der Waals surface area contributed by atoms with Gasteiger partial charge in [0, 0.05) is 11.2 Å². The Morgan fingerprint density at radius 3 is 2.62 bits per heavy atom. The Morgan fingerprint density at radius 2 is 1.85 bits per heavy atom. The predicted molar refractivity (Wildman–Crippen MR) is 54.9 cm³/mol. The second-order valence-corrected chi connectivity index (χ2v) is 4.96. The molecule has 0 bridgehead atoms. The molecule has 1 unspecified atom stereocenters. The molecule has 2 aliphatic heterocycles. The van der Waals surface area contributed by atoms with Gasteiger partial charge in [0.05, 0.1) is 19.1 Å². The average molecular weight is 313 g/mol. The molecule has 0 saturated carbocycles. The third-order valence-corrected chi connectivity index (χ3v) is 4.46. The van der Waals surface area contributed by atoms with Crippen LogP contribution in [-0.4, -0.2) is 24.5 Å². The maximum Gasteiger partial charge on any atom is 0.0911 e. The van der Waals surface area contributed by atoms with Crippen molar-refractivity contribution in [3.05, 3.63) is 0 Å². The van der Waals surface area contributed by atoms with E-state index in [-0.39, 0.29) is 17.0 Å². The van der Waals surface area contributed by atoms with Crippen molar-refractivity contribution in [2.45, 2.75) is 38.1 Å². The minimum Gasteiger partial charge on any atom is -1.00 e. The lowest BCUT2D eigenvalue weighted by Gasteiger charge is -2.40. The fourth-order valence-electron chi connectivity index (χ4n) is 2.96. The fraction of sp³-hybridized carbons (Fsp3) is 1.00. The topological polar surface area (TPSA) is 4.44 Å². The van der Waals surface area contributed by atoms with Gasteiger partial charge in [0.2, 0.25) is 0 Å². The van der Waals surface area contributed by atoms with Crippen LogP contribution in [0.2, 0.25) is 0 Å². The SMILES string of the molecule is BrC[C@@H]1CCC[NH+]2CCCC[C@H]12.[Br-]. The van der Waals surface area contributed by atoms with Gasteiger partial charge in [-0.3, -0.25) is 0 Å². The van der Waals surface area contributed by atoms with E-state index in [2.05, 4.69) is 15.9 Å². The highest BCUT2D eigenvalue weighted by Crippen LogP contribution is 2.21. The van der Waals surface area contributed by atoms with Crippen LogP contribution in [0.5, 0.6) is 0 Å². The van der Waals surface area contributed by atoms with Crippen molar-refractivity contribution in [1.29, 1.82) is 0 Å². The lowest BCUT2D eigenvalue weighted by molar-refractivity contribution is -0.939. The van der Waals surface area contributed by atoms with E-state index in [4.69, 9.17) is 0 Å². The van der Waals surface area contributed by atoms with E-state index in [1.165, 1.54) is 50.5 Å². The molecule has 0 radical (unpaired) electrons. The summed E-state index contributed by atoms with van der Waals surface area (Å²) in [7, 11) is 0. The van der Waals surface area contributed by atoms with Gasteiger partial charge in [0.15, 0.2) is 0 Å². The molecule has 1 N–H and O–H groups in total. The van der Waals surface area contributed by atoms with Crippen LogP contribution < -0.4 is 21.9 Å². The molecule has 2 aliphatic rings. The van der Waals surface area contributed by atoms with E-state index < -0.39 is 0 Å². The zero-order valence-electron chi connectivity index (χ0n) is 8.07. The Labute approximate surface area is 100 Å². The van der Waals surface area contributed by atoms with Gasteiger partial charge in [-0.15, -0.1) is 0 Å². The monoisotopic (exact) mass is 311 g/mol. The molecule has 2 fully saturated rings. The molecule has 2 heterocycles. The predicted octanol–water partition coefficient (Wildman–Crippen LogP) is -1.77. The Hall–Kier alpha value is 0.920. The minimum absolute atomic E-state index is 0. The molecule has 1 nitrogen and oxygen atoms in total. The van der Waals surface area contributed by atoms with Gasteiger partial charge in [-0.25, -0.2) is 0 Å². The summed E-state index contributed by atoms with van der Waals surface area (Å²) in [6, 6.07) is 1.01. The molecule has 0 spiro atoms. The summed E-state index contributed by atoms with van der Waals surface area (Å²) in [5.74, 6) is 0.981. The Morgan fingerprint density at radius 1 is 1.08 bits per heavy atom. The van der Waals surface area contributed by atoms with Gasteiger partial charge in [0.25, 0.3) is 0 Å². The quantitative estimate of drug-likeness (QED) is 0.547. The number of alkyl halides is 1. The molecule has 3 atom stereocenters. The number of halogens is 2. The molecular formula is C10H19Br2N. The molecular weight excluding hydrogens is 294 g/mol. The summed E-state index contributed by atoms with van der Waals surface area (Å²) in [5, 5.41) is 1.24. The summed E-state index contributed by atoms with van der Waals surface area (Å²) in [6.07, 6.45) is 7.38. The van der Waals surface area contributed by atoms with Gasteiger partial charge in [-0.05, 0) is 32.1 Å². The van der Waals surface area contributed by atoms with Crippen LogP contribution in [0.4, 0.5) is 0 Å². The second kappa shape index (κ2) is 5.72. The van der Waals surface area contributed by atoms with Crippen molar-refractivity contribution in [1.82, 2.24) is 0 Å². The summed E-state index contributed by atoms with van der Waals surface area (Å²) >= 11 is 3.66. The number of fused-ring (bicyclic) bond motifs is 1. The molecule has 2 saturated heterocycles. The maximum absolute atomic E-state index is 3.66. The summed E-state index contributed by atoms with van der Waals surface area (Å²) in [4.78, 5) is 1.91. The molecule has 3 heteroatoms. The number of hydrogen-bond acceptors (Lipinski definition) is 0. The number of nitrogens with one attached hydrogen (secondary N) is 1. The molecule has 0 aliphatic carbocycles. The van der Waals surface area contributed by atoms with Gasteiger partial charge in [0.1, 0.15) is 0 Å². The van der Waals surface area contributed by atoms with E-state index in [0.717, 1.165) is 12.0 Å². The van der Waals surface area contributed by atoms with Gasteiger partial charge >= 0.3 is 0 Å². The van der Waals surface area contributed by atoms with Crippen molar-refractivity contribution in [3.63, 3.8) is 0 Å². The minimum atomic E-state index is 0. The van der Waals surface area contributed by atoms with Crippen LogP contribution in [-0.2, 0) is 0 Å². The molecule has 0 aromatic heterocycles. The Bertz CT molecular complexity index is 143. The normalized spacial score (nSPS) is 39.0. The lowest BCUT2D eigenvalue weighted by Crippen LogP contribution is -3.18. The van der Waals surface area contributed by atoms with Crippen LogP contribution in [0.3, 0.4) is 0 Å². The summed E-state index contributed by atoms with van der Waals surface area (Å²) in [6.45, 7) is 2.91. The number of rotatable bonds is 1. The van der Waals surface area contributed by atoms with Crippen molar-refractivity contribution in [3.8, 4) is 0 Å². The first kappa shape index (κ1) is 12.0. The molecule has 13 heavy (non-hydrogen) atoms. The van der Waals surface area contributed by atoms with Crippen LogP contribution in [0.1, 0.15) is 32.1 Å². The Balaban J connectivity index is 0.000000845. The van der Waals surface area contributed by atoms with E-state index >= 15 is 0 Å². The number of quaternary nitrogens is 1. The van der Waals surface area contributed by atoms with Crippen molar-refractivity contribution < 1.29 is 21.9 Å². The highest BCUT2D eigenvalue weighted by molar-refractivity contribution is 9.09. The van der Waals surface area contributed by atoms with Crippen LogP contribution >= 0.6 is 15.9 Å². The zero-order valence-corrected chi connectivity index (χ0v) is 11.2. The van der Waals surface area contributed by atoms with E-state index in [9.17, 15) is 0 Å². The first-order valence-corrected chi connectivity index (χ1v) is 6.44. The van der Waals surface area contributed by atoms with Crippen molar-refractivity contribution >= 4 is 15.9 Å². The smallest absolute Gasteiger partial charge is 0.0911 e. The Kier molecular flexibility index (Phi) is 5.27. The highest BCUT2D eigenvalue weighted by Gasteiger charge is 2.35. The largest absolute Gasteiger partial charge is 1.00 e. The first-order valence-electron chi connectivity index (χ1n) is 5.32. The third kappa shape index (κ3) is 2.69. The third-order valence-electron chi connectivity index (χ3n) is 3.63. The molecule has 0 aromatic rings. The summed E-state index contributed by atoms with van der Waals surface area (Å²) in [5.41, 5.74) is 0. The molecule has 2 rings (SSSR count). The van der Waals surface area contributed by atoms with E-state index in [1.54, 1.807) is 0 Å². The van der Waals surface area contributed by atoms with Crippen molar-refractivity contribution in [2.24, 2.45) is 5.92 Å². The fourth-order valence-corrected chi connectivity index (χ4v) is 3.74. The van der Waals surface area contributed by atoms with Crippen molar-refractivity contribution in [2.75, 3.05) is 18.4 Å². The molecule has 78 valence electrons. The zero-order chi connectivity index (χ0) is 8.39. The van der Waals surface area contributed by atoms with Crippen LogP contribution in [0.15, 0.2) is 0 Å². The second-order valence-electron chi connectivity index (χ2n) is 4.32. The molecule has 0 aromatic carbocycles. The van der Waals surface area contributed by atoms with Crippen LogP contribution in [0.25, 0.3) is 0 Å². The number of piperidine rings is 2. The van der Waals surface area contributed by atoms with Gasteiger partial charge in [-0.1, -0.05) is 15.9 Å². The maximum atomic E-state index is 3.66. The lowest BCUT2D eigenvalue weighted by atomic mass is 9.85. The summed E-state index contributed by atoms with van der Waals surface area (Å²) < 4.78 is 0. The van der Waals surface area contributed by atoms with Gasteiger partial charge in [-0.2, -0.15) is 0 Å². The standard InChI is InChI=1S/C10H18BrN.BrH/c11-8-9-4-3-7-12-6-2-1-5-10(9)12;/h9-10H,1-8H2;1H/t9-,10+;/m0./s1.